The summed E-state index contributed by atoms with van der Waals surface area (Å²) in [5.41, 5.74) is 0.666. The number of nitrogens with zero attached hydrogens (tertiary/aromatic N) is 5. The van der Waals surface area contributed by atoms with Gasteiger partial charge in [-0.15, -0.1) is 16.7 Å². The van der Waals surface area contributed by atoms with Gasteiger partial charge in [-0.25, -0.2) is 9.83 Å². The summed E-state index contributed by atoms with van der Waals surface area (Å²) >= 11 is 7.25. The third-order valence-electron chi connectivity index (χ3n) is 4.43. The number of hydrogen-bond acceptors (Lipinski definition) is 6. The number of aromatic nitrogens is 2. The monoisotopic (exact) mass is 463 g/mol. The second-order valence-electron chi connectivity index (χ2n) is 6.44. The standard InChI is InChI=1S/C22H12ClN5O2S.H2O/c1-4-15-18(24-3)20(29)28(14-8-5-12(2)6-9-14)21(30)19(15)26-27-22-25-16-11-13(23)7-10-17(16)31-22;/h1,5-11,29H,2H3;1H2. The minimum Gasteiger partial charge on any atom is -0.502 e. The van der Waals surface area contributed by atoms with E-state index in [9.17, 15) is 9.90 Å². The van der Waals surface area contributed by atoms with E-state index in [1.54, 1.807) is 36.4 Å². The summed E-state index contributed by atoms with van der Waals surface area (Å²) in [6, 6.07) is 12.1. The van der Waals surface area contributed by atoms with E-state index in [1.165, 1.54) is 11.3 Å². The van der Waals surface area contributed by atoms with Gasteiger partial charge >= 0.3 is 0 Å². The van der Waals surface area contributed by atoms with Crippen LogP contribution >= 0.6 is 22.9 Å². The first kappa shape index (κ1) is 22.7. The normalized spacial score (nSPS) is 10.6. The molecule has 0 saturated heterocycles. The molecule has 0 aliphatic rings. The smallest absolute Gasteiger partial charge is 0.284 e. The van der Waals surface area contributed by atoms with E-state index in [0.29, 0.717) is 21.4 Å². The van der Waals surface area contributed by atoms with E-state index in [0.717, 1.165) is 14.8 Å². The molecule has 0 spiro atoms. The zero-order chi connectivity index (χ0) is 22.1. The number of benzene rings is 2. The van der Waals surface area contributed by atoms with E-state index < -0.39 is 11.4 Å². The summed E-state index contributed by atoms with van der Waals surface area (Å²) in [5, 5.41) is 19.5. The van der Waals surface area contributed by atoms with E-state index >= 15 is 0 Å². The van der Waals surface area contributed by atoms with Crippen molar-refractivity contribution < 1.29 is 10.6 Å². The zero-order valence-electron chi connectivity index (χ0n) is 16.5. The van der Waals surface area contributed by atoms with Gasteiger partial charge in [-0.3, -0.25) is 9.36 Å². The van der Waals surface area contributed by atoms with Gasteiger partial charge in [0.2, 0.25) is 11.0 Å². The first-order valence-corrected chi connectivity index (χ1v) is 10.0. The number of fused-ring (bicyclic) bond motifs is 1. The summed E-state index contributed by atoms with van der Waals surface area (Å²) in [5.74, 6) is 1.73. The van der Waals surface area contributed by atoms with Gasteiger partial charge in [0, 0.05) is 5.02 Å². The molecule has 2 aromatic carbocycles. The molecule has 0 aliphatic heterocycles. The highest BCUT2D eigenvalue weighted by molar-refractivity contribution is 7.21. The molecule has 32 heavy (non-hydrogen) atoms. The highest BCUT2D eigenvalue weighted by Crippen LogP contribution is 2.37. The topological polar surface area (TPSA) is 116 Å². The molecule has 0 amide bonds. The molecule has 158 valence electrons. The van der Waals surface area contributed by atoms with Crippen molar-refractivity contribution in [1.29, 1.82) is 0 Å². The Balaban J connectivity index is 0.00000289. The molecular formula is C22H14ClN5O3S. The Morgan fingerprint density at radius 1 is 1.25 bits per heavy atom. The Morgan fingerprint density at radius 2 is 1.97 bits per heavy atom. The highest BCUT2D eigenvalue weighted by atomic mass is 35.5. The number of aromatic hydroxyl groups is 1. The first-order valence-electron chi connectivity index (χ1n) is 8.84. The predicted molar refractivity (Wildman–Crippen MR) is 125 cm³/mol. The summed E-state index contributed by atoms with van der Waals surface area (Å²) < 4.78 is 1.83. The van der Waals surface area contributed by atoms with Gasteiger partial charge < -0.3 is 10.6 Å². The van der Waals surface area contributed by atoms with Gasteiger partial charge in [-0.2, -0.15) is 0 Å². The lowest BCUT2D eigenvalue weighted by Crippen LogP contribution is -2.19. The summed E-state index contributed by atoms with van der Waals surface area (Å²) in [6.07, 6.45) is 5.54. The molecule has 0 unspecified atom stereocenters. The van der Waals surface area contributed by atoms with Crippen LogP contribution in [-0.4, -0.2) is 20.1 Å². The second-order valence-corrected chi connectivity index (χ2v) is 7.88. The third-order valence-corrected chi connectivity index (χ3v) is 5.58. The van der Waals surface area contributed by atoms with Crippen LogP contribution in [0.4, 0.5) is 16.5 Å². The van der Waals surface area contributed by atoms with Crippen LogP contribution in [0.15, 0.2) is 57.5 Å². The molecule has 8 nitrogen and oxygen atoms in total. The van der Waals surface area contributed by atoms with E-state index in [1.807, 2.05) is 13.0 Å². The van der Waals surface area contributed by atoms with Crippen LogP contribution in [0.2, 0.25) is 5.02 Å². The largest absolute Gasteiger partial charge is 0.502 e. The molecule has 0 atom stereocenters. The van der Waals surface area contributed by atoms with Crippen LogP contribution in [0.3, 0.4) is 0 Å². The summed E-state index contributed by atoms with van der Waals surface area (Å²) in [4.78, 5) is 20.8. The number of pyridine rings is 1. The van der Waals surface area contributed by atoms with Crippen molar-refractivity contribution >= 4 is 49.7 Å². The van der Waals surface area contributed by atoms with Gasteiger partial charge in [0.1, 0.15) is 0 Å². The maximum absolute atomic E-state index is 13.2. The minimum atomic E-state index is -0.699. The number of halogens is 1. The SMILES string of the molecule is O.[C-]#[N+]c1c(C#C)c(N=Nc2nc3cc(Cl)ccc3s2)c(=O)n(-c2ccc(C)cc2)c1O. The van der Waals surface area contributed by atoms with Crippen LogP contribution in [0.5, 0.6) is 5.88 Å². The average molecular weight is 464 g/mol. The molecule has 0 saturated carbocycles. The molecule has 3 N–H and O–H groups in total. The van der Waals surface area contributed by atoms with E-state index in [-0.39, 0.29) is 22.4 Å². The van der Waals surface area contributed by atoms with Gasteiger partial charge in [-0.1, -0.05) is 46.6 Å². The lowest BCUT2D eigenvalue weighted by atomic mass is 10.1. The van der Waals surface area contributed by atoms with Crippen molar-refractivity contribution in [2.75, 3.05) is 0 Å². The molecule has 2 aromatic heterocycles. The minimum absolute atomic E-state index is 0. The van der Waals surface area contributed by atoms with Crippen LogP contribution in [-0.2, 0) is 0 Å². The lowest BCUT2D eigenvalue weighted by Gasteiger charge is -2.13. The number of azo groups is 1. The van der Waals surface area contributed by atoms with Crippen molar-refractivity contribution in [3.05, 3.63) is 80.4 Å². The van der Waals surface area contributed by atoms with Gasteiger partial charge in [0.05, 0.1) is 28.0 Å². The molecule has 4 rings (SSSR count). The average Bonchev–Trinajstić information content (AvgIpc) is 3.16. The summed E-state index contributed by atoms with van der Waals surface area (Å²) in [6.45, 7) is 9.33. The van der Waals surface area contributed by atoms with Crippen molar-refractivity contribution in [2.24, 2.45) is 10.2 Å². The third kappa shape index (κ3) is 3.96. The van der Waals surface area contributed by atoms with Crippen LogP contribution < -0.4 is 5.56 Å². The molecule has 4 aromatic rings. The molecule has 0 bridgehead atoms. The number of aryl methyl sites for hydroxylation is 1. The fraction of sp³-hybridized carbons (Fsp3) is 0.0455. The van der Waals surface area contributed by atoms with Crippen molar-refractivity contribution in [3.8, 4) is 23.9 Å². The number of terminal acetylenes is 1. The maximum atomic E-state index is 13.2. The Kier molecular flexibility index (Phi) is 6.37. The summed E-state index contributed by atoms with van der Waals surface area (Å²) in [7, 11) is 0. The molecule has 10 heteroatoms. The fourth-order valence-electron chi connectivity index (χ4n) is 2.93. The highest BCUT2D eigenvalue weighted by Gasteiger charge is 2.22. The first-order chi connectivity index (χ1) is 14.9. The van der Waals surface area contributed by atoms with Gasteiger partial charge in [-0.05, 0) is 37.3 Å². The van der Waals surface area contributed by atoms with Crippen molar-refractivity contribution in [2.45, 2.75) is 6.92 Å². The van der Waals surface area contributed by atoms with Crippen molar-refractivity contribution in [3.63, 3.8) is 0 Å². The van der Waals surface area contributed by atoms with Crippen LogP contribution in [0.1, 0.15) is 11.1 Å². The molecule has 2 heterocycles. The Bertz CT molecular complexity index is 1510. The Hall–Kier alpha value is -4.02. The Labute approximate surface area is 191 Å². The quantitative estimate of drug-likeness (QED) is 0.254. The predicted octanol–water partition coefficient (Wildman–Crippen LogP) is 5.24. The van der Waals surface area contributed by atoms with E-state index in [2.05, 4.69) is 26.0 Å². The fourth-order valence-corrected chi connectivity index (χ4v) is 3.87. The van der Waals surface area contributed by atoms with E-state index in [4.69, 9.17) is 24.6 Å². The van der Waals surface area contributed by atoms with Gasteiger partial charge in [0.15, 0.2) is 5.69 Å². The maximum Gasteiger partial charge on any atom is 0.284 e. The zero-order valence-corrected chi connectivity index (χ0v) is 18.1. The lowest BCUT2D eigenvalue weighted by molar-refractivity contribution is 0.439. The Morgan fingerprint density at radius 3 is 2.62 bits per heavy atom. The molecule has 0 fully saturated rings. The van der Waals surface area contributed by atoms with Crippen molar-refractivity contribution in [1.82, 2.24) is 9.55 Å². The van der Waals surface area contributed by atoms with Gasteiger partial charge in [0.25, 0.3) is 11.2 Å². The molecular weight excluding hydrogens is 450 g/mol. The van der Waals surface area contributed by atoms with Crippen LogP contribution in [0, 0.1) is 25.8 Å². The number of thiazole rings is 1. The second kappa shape index (κ2) is 9.00. The molecule has 0 aliphatic carbocycles. The number of rotatable bonds is 3. The number of hydrogen-bond donors (Lipinski definition) is 1. The molecule has 0 radical (unpaired) electrons. The van der Waals surface area contributed by atoms with Crippen LogP contribution in [0.25, 0.3) is 20.7 Å².